The quantitative estimate of drug-likeness (QED) is 0.198. The Morgan fingerprint density at radius 2 is 1.58 bits per heavy atom. The lowest BCUT2D eigenvalue weighted by atomic mass is 10.1. The van der Waals surface area contributed by atoms with Crippen LogP contribution in [0.15, 0.2) is 37.0 Å². The van der Waals surface area contributed by atoms with E-state index in [4.69, 9.17) is 11.6 Å². The highest BCUT2D eigenvalue weighted by Gasteiger charge is 2.01. The number of unbranched alkanes of at least 4 members (excludes halogenated alkanes) is 6. The van der Waals surface area contributed by atoms with Crippen molar-refractivity contribution in [2.24, 2.45) is 0 Å². The van der Waals surface area contributed by atoms with Crippen LogP contribution in [0, 0.1) is 0 Å². The fourth-order valence-electron chi connectivity index (χ4n) is 2.11. The lowest BCUT2D eigenvalue weighted by Gasteiger charge is -2.07. The van der Waals surface area contributed by atoms with E-state index in [1.807, 2.05) is 12.2 Å². The Hall–Kier alpha value is -0.490. The molecular formula is C18H31Cl. The minimum Gasteiger partial charge on any atom is -0.123 e. The van der Waals surface area contributed by atoms with Gasteiger partial charge >= 0.3 is 0 Å². The summed E-state index contributed by atoms with van der Waals surface area (Å²) in [5.74, 6) is 0. The van der Waals surface area contributed by atoms with Crippen molar-refractivity contribution in [3.05, 3.63) is 37.0 Å². The van der Waals surface area contributed by atoms with Crippen LogP contribution in [0.25, 0.3) is 0 Å². The highest BCUT2D eigenvalue weighted by atomic mass is 35.5. The third kappa shape index (κ3) is 15.5. The molecule has 0 saturated carbocycles. The maximum atomic E-state index is 6.20. The second kappa shape index (κ2) is 15.6. The Kier molecular flexibility index (Phi) is 15.2. The van der Waals surface area contributed by atoms with Gasteiger partial charge in [0, 0.05) is 5.38 Å². The second-order valence-corrected chi connectivity index (χ2v) is 5.75. The van der Waals surface area contributed by atoms with E-state index >= 15 is 0 Å². The van der Waals surface area contributed by atoms with Crippen molar-refractivity contribution in [3.63, 3.8) is 0 Å². The van der Waals surface area contributed by atoms with Crippen LogP contribution < -0.4 is 0 Å². The predicted octanol–water partition coefficient (Wildman–Crippen LogP) is 6.81. The second-order valence-electron chi connectivity index (χ2n) is 5.13. The van der Waals surface area contributed by atoms with Crippen molar-refractivity contribution in [2.45, 2.75) is 76.5 Å². The average molecular weight is 283 g/mol. The molecule has 0 aromatic carbocycles. The summed E-state index contributed by atoms with van der Waals surface area (Å²) >= 11 is 6.20. The normalized spacial score (nSPS) is 13.4. The molecule has 1 heteroatoms. The van der Waals surface area contributed by atoms with Gasteiger partial charge in [-0.25, -0.2) is 0 Å². The van der Waals surface area contributed by atoms with E-state index in [2.05, 4.69) is 25.7 Å². The highest BCUT2D eigenvalue weighted by molar-refractivity contribution is 6.20. The summed E-state index contributed by atoms with van der Waals surface area (Å²) in [5, 5.41) is 0.416. The maximum absolute atomic E-state index is 6.20. The molecule has 0 aromatic heterocycles. The first-order valence-electron chi connectivity index (χ1n) is 7.89. The van der Waals surface area contributed by atoms with Gasteiger partial charge in [-0.3, -0.25) is 0 Å². The van der Waals surface area contributed by atoms with Gasteiger partial charge in [0.25, 0.3) is 0 Å². The molecule has 0 amide bonds. The predicted molar refractivity (Wildman–Crippen MR) is 90.0 cm³/mol. The van der Waals surface area contributed by atoms with Gasteiger partial charge in [0.1, 0.15) is 0 Å². The number of halogens is 1. The molecular weight excluding hydrogens is 252 g/mol. The van der Waals surface area contributed by atoms with E-state index in [0.29, 0.717) is 5.38 Å². The monoisotopic (exact) mass is 282 g/mol. The van der Waals surface area contributed by atoms with Crippen molar-refractivity contribution in [1.29, 1.82) is 0 Å². The van der Waals surface area contributed by atoms with Crippen molar-refractivity contribution < 1.29 is 0 Å². The molecule has 0 heterocycles. The van der Waals surface area contributed by atoms with Crippen molar-refractivity contribution in [3.8, 4) is 0 Å². The van der Waals surface area contributed by atoms with E-state index in [-0.39, 0.29) is 0 Å². The van der Waals surface area contributed by atoms with Crippen LogP contribution in [-0.4, -0.2) is 5.38 Å². The lowest BCUT2D eigenvalue weighted by Crippen LogP contribution is -1.97. The zero-order valence-electron chi connectivity index (χ0n) is 12.6. The lowest BCUT2D eigenvalue weighted by molar-refractivity contribution is 0.561. The molecule has 0 spiro atoms. The van der Waals surface area contributed by atoms with Gasteiger partial charge in [-0.1, -0.05) is 82.4 Å². The van der Waals surface area contributed by atoms with Crippen LogP contribution in [-0.2, 0) is 0 Å². The molecule has 19 heavy (non-hydrogen) atoms. The Morgan fingerprint density at radius 3 is 2.26 bits per heavy atom. The molecule has 0 rings (SSSR count). The van der Waals surface area contributed by atoms with Gasteiger partial charge in [0.2, 0.25) is 0 Å². The first kappa shape index (κ1) is 18.5. The molecule has 0 aromatic rings. The van der Waals surface area contributed by atoms with Crippen LogP contribution in [0.2, 0.25) is 0 Å². The van der Waals surface area contributed by atoms with Crippen LogP contribution in [0.5, 0.6) is 0 Å². The Bertz CT molecular complexity index is 240. The van der Waals surface area contributed by atoms with Crippen LogP contribution in [0.4, 0.5) is 0 Å². The Labute approximate surface area is 125 Å². The largest absolute Gasteiger partial charge is 0.123 e. The summed E-state index contributed by atoms with van der Waals surface area (Å²) < 4.78 is 0. The van der Waals surface area contributed by atoms with Crippen LogP contribution in [0.1, 0.15) is 71.1 Å². The van der Waals surface area contributed by atoms with E-state index in [1.54, 1.807) is 6.08 Å². The number of allylic oxidation sites excluding steroid dienone is 5. The fourth-order valence-corrected chi connectivity index (χ4v) is 2.48. The summed E-state index contributed by atoms with van der Waals surface area (Å²) in [7, 11) is 0. The van der Waals surface area contributed by atoms with Gasteiger partial charge in [-0.15, -0.1) is 11.6 Å². The van der Waals surface area contributed by atoms with Crippen LogP contribution >= 0.6 is 11.6 Å². The van der Waals surface area contributed by atoms with Gasteiger partial charge in [-0.05, 0) is 25.7 Å². The summed E-state index contributed by atoms with van der Waals surface area (Å²) in [6, 6.07) is 0. The van der Waals surface area contributed by atoms with Gasteiger partial charge in [0.05, 0.1) is 0 Å². The highest BCUT2D eigenvalue weighted by Crippen LogP contribution is 2.15. The van der Waals surface area contributed by atoms with Gasteiger partial charge in [-0.2, -0.15) is 0 Å². The standard InChI is InChI=1S/C18H31Cl/c1-3-5-6-7-8-9-10-11-12-13-14-15-17-18(19)16-4-2/h3,5-8,18H,1,4,9-17H2,2H3. The first-order valence-corrected chi connectivity index (χ1v) is 8.33. The summed E-state index contributed by atoms with van der Waals surface area (Å²) in [5.41, 5.74) is 0. The molecule has 110 valence electrons. The third-order valence-corrected chi connectivity index (χ3v) is 3.67. The molecule has 0 aliphatic rings. The number of rotatable bonds is 13. The molecule has 0 bridgehead atoms. The zero-order chi connectivity index (χ0) is 14.2. The fraction of sp³-hybridized carbons (Fsp3) is 0.667. The smallest absolute Gasteiger partial charge is 0.0336 e. The van der Waals surface area contributed by atoms with Gasteiger partial charge in [0.15, 0.2) is 0 Å². The molecule has 0 fully saturated rings. The first-order chi connectivity index (χ1) is 9.31. The number of alkyl halides is 1. The minimum absolute atomic E-state index is 0.416. The van der Waals surface area contributed by atoms with Crippen molar-refractivity contribution in [1.82, 2.24) is 0 Å². The molecule has 0 saturated heterocycles. The summed E-state index contributed by atoms with van der Waals surface area (Å²) in [6.45, 7) is 5.84. The van der Waals surface area contributed by atoms with Crippen molar-refractivity contribution >= 4 is 11.6 Å². The number of hydrogen-bond donors (Lipinski definition) is 0. The minimum atomic E-state index is 0.416. The van der Waals surface area contributed by atoms with Gasteiger partial charge < -0.3 is 0 Å². The molecule has 0 N–H and O–H groups in total. The number of hydrogen-bond acceptors (Lipinski definition) is 0. The van der Waals surface area contributed by atoms with E-state index in [0.717, 1.165) is 0 Å². The molecule has 0 aliphatic carbocycles. The van der Waals surface area contributed by atoms with Crippen LogP contribution in [0.3, 0.4) is 0 Å². The topological polar surface area (TPSA) is 0 Å². The molecule has 1 unspecified atom stereocenters. The SMILES string of the molecule is C=CC=CC=CCCCCCCCCC(Cl)CCC. The molecule has 1 atom stereocenters. The molecule has 0 aliphatic heterocycles. The van der Waals surface area contributed by atoms with Crippen molar-refractivity contribution in [2.75, 3.05) is 0 Å². The van der Waals surface area contributed by atoms with E-state index < -0.39 is 0 Å². The Balaban J connectivity index is 3.16. The van der Waals surface area contributed by atoms with E-state index in [1.165, 1.54) is 64.2 Å². The van der Waals surface area contributed by atoms with E-state index in [9.17, 15) is 0 Å². The maximum Gasteiger partial charge on any atom is 0.0336 e. The summed E-state index contributed by atoms with van der Waals surface area (Å²) in [4.78, 5) is 0. The third-order valence-electron chi connectivity index (χ3n) is 3.23. The Morgan fingerprint density at radius 1 is 0.895 bits per heavy atom. The zero-order valence-corrected chi connectivity index (χ0v) is 13.4. The molecule has 0 nitrogen and oxygen atoms in total. The summed E-state index contributed by atoms with van der Waals surface area (Å²) in [6.07, 6.45) is 23.0. The average Bonchev–Trinajstić information content (AvgIpc) is 2.40. The molecule has 0 radical (unpaired) electrons.